The summed E-state index contributed by atoms with van der Waals surface area (Å²) < 4.78 is 47.7. The van der Waals surface area contributed by atoms with Gasteiger partial charge in [-0.25, -0.2) is 23.5 Å². The molecular weight excluding hydrogens is 568 g/mol. The van der Waals surface area contributed by atoms with Gasteiger partial charge in [0.15, 0.2) is 0 Å². The quantitative estimate of drug-likeness (QED) is 0.207. The molecule has 0 aliphatic carbocycles. The maximum atomic E-state index is 15.5. The second kappa shape index (κ2) is 13.4. The number of nitrogens with two attached hydrogens (primary N) is 1. The third-order valence-corrected chi connectivity index (χ3v) is 7.21. The molecule has 2 N–H and O–H groups in total. The number of carbonyl (C=O) groups is 1. The number of carbonyl (C=O) groups excluding carboxylic acids is 1. The van der Waals surface area contributed by atoms with E-state index in [1.807, 2.05) is 10.6 Å². The van der Waals surface area contributed by atoms with E-state index in [0.29, 0.717) is 45.8 Å². The number of rotatable bonds is 11. The maximum Gasteiger partial charge on any atom is 0.337 e. The number of nitriles is 1. The molecule has 11 heteroatoms. The summed E-state index contributed by atoms with van der Waals surface area (Å²) in [5.41, 5.74) is 9.47. The van der Waals surface area contributed by atoms with E-state index in [4.69, 9.17) is 30.2 Å². The van der Waals surface area contributed by atoms with Crippen molar-refractivity contribution >= 4 is 17.0 Å². The van der Waals surface area contributed by atoms with E-state index in [1.165, 1.54) is 25.3 Å². The Bertz CT molecular complexity index is 1860. The van der Waals surface area contributed by atoms with Gasteiger partial charge in [-0.05, 0) is 48.0 Å². The molecule has 0 aliphatic heterocycles. The third kappa shape index (κ3) is 6.57. The fourth-order valence-corrected chi connectivity index (χ4v) is 4.77. The number of nitrogens with zero attached hydrogens (tertiary/aromatic N) is 4. The predicted molar refractivity (Wildman–Crippen MR) is 159 cm³/mol. The van der Waals surface area contributed by atoms with Crippen molar-refractivity contribution in [1.82, 2.24) is 14.5 Å². The average molecular weight is 598 g/mol. The zero-order valence-corrected chi connectivity index (χ0v) is 24.1. The standard InChI is InChI=1S/C33H29F2N5O4/c1-42-25(17-37)18-40-30-14-23(33(41)43-2)10-11-29(30)38-31(40)15-21-8-9-22(13-27(21)35)28-4-3-5-32(39-28)44-19-24-7-6-20(16-36)12-26(24)34/h3-14,25H,15,17-19,37H2,1-2H3/t25-/m1/s1. The Morgan fingerprint density at radius 2 is 1.80 bits per heavy atom. The number of fused-ring (bicyclic) bond motifs is 1. The van der Waals surface area contributed by atoms with Gasteiger partial charge in [-0.3, -0.25) is 0 Å². The van der Waals surface area contributed by atoms with Gasteiger partial charge in [0.1, 0.15) is 24.1 Å². The Morgan fingerprint density at radius 1 is 1.00 bits per heavy atom. The summed E-state index contributed by atoms with van der Waals surface area (Å²) in [5, 5.41) is 8.92. The van der Waals surface area contributed by atoms with Gasteiger partial charge < -0.3 is 24.5 Å². The van der Waals surface area contributed by atoms with Gasteiger partial charge in [0.2, 0.25) is 5.88 Å². The lowest BCUT2D eigenvalue weighted by Crippen LogP contribution is -2.28. The molecule has 5 aromatic rings. The molecule has 2 heterocycles. The van der Waals surface area contributed by atoms with Gasteiger partial charge in [-0.1, -0.05) is 24.3 Å². The minimum absolute atomic E-state index is 0.0858. The van der Waals surface area contributed by atoms with Crippen molar-refractivity contribution < 1.29 is 27.8 Å². The Balaban J connectivity index is 1.39. The van der Waals surface area contributed by atoms with E-state index in [-0.39, 0.29) is 42.7 Å². The number of pyridine rings is 1. The van der Waals surface area contributed by atoms with Crippen LogP contribution in [0.25, 0.3) is 22.3 Å². The Labute approximate surface area is 252 Å². The van der Waals surface area contributed by atoms with Crippen LogP contribution in [0.1, 0.15) is 32.9 Å². The summed E-state index contributed by atoms with van der Waals surface area (Å²) in [7, 11) is 2.88. The van der Waals surface area contributed by atoms with Crippen LogP contribution in [0.15, 0.2) is 72.8 Å². The van der Waals surface area contributed by atoms with Crippen LogP contribution in [0, 0.1) is 23.0 Å². The predicted octanol–water partition coefficient (Wildman–Crippen LogP) is 5.18. The Kier molecular flexibility index (Phi) is 9.23. The van der Waals surface area contributed by atoms with E-state index < -0.39 is 17.6 Å². The monoisotopic (exact) mass is 597 g/mol. The minimum atomic E-state index is -0.545. The molecule has 1 atom stereocenters. The largest absolute Gasteiger partial charge is 0.473 e. The van der Waals surface area contributed by atoms with Gasteiger partial charge >= 0.3 is 5.97 Å². The summed E-state index contributed by atoms with van der Waals surface area (Å²) in [6.07, 6.45) is -0.156. The molecule has 0 saturated heterocycles. The normalized spacial score (nSPS) is 11.7. The van der Waals surface area contributed by atoms with Gasteiger partial charge in [0.05, 0.1) is 53.7 Å². The van der Waals surface area contributed by atoms with Crippen molar-refractivity contribution in [2.24, 2.45) is 5.73 Å². The van der Waals surface area contributed by atoms with Gasteiger partial charge in [-0.15, -0.1) is 0 Å². The lowest BCUT2D eigenvalue weighted by molar-refractivity contribution is 0.0601. The smallest absolute Gasteiger partial charge is 0.337 e. The van der Waals surface area contributed by atoms with Crippen LogP contribution in [0.3, 0.4) is 0 Å². The number of hydrogen-bond donors (Lipinski definition) is 1. The number of hydrogen-bond acceptors (Lipinski definition) is 8. The van der Waals surface area contributed by atoms with Crippen molar-refractivity contribution in [2.45, 2.75) is 25.7 Å². The van der Waals surface area contributed by atoms with Crippen LogP contribution in [-0.4, -0.2) is 47.4 Å². The average Bonchev–Trinajstić information content (AvgIpc) is 3.39. The van der Waals surface area contributed by atoms with Crippen molar-refractivity contribution in [3.63, 3.8) is 0 Å². The first-order valence-electron chi connectivity index (χ1n) is 13.7. The summed E-state index contributed by atoms with van der Waals surface area (Å²) in [6.45, 7) is 0.525. The van der Waals surface area contributed by atoms with E-state index >= 15 is 4.39 Å². The highest BCUT2D eigenvalue weighted by atomic mass is 19.1. The first-order valence-corrected chi connectivity index (χ1v) is 13.7. The molecule has 5 rings (SSSR count). The van der Waals surface area contributed by atoms with E-state index in [9.17, 15) is 9.18 Å². The number of methoxy groups -OCH3 is 2. The lowest BCUT2D eigenvalue weighted by atomic mass is 10.1. The molecular formula is C33H29F2N5O4. The van der Waals surface area contributed by atoms with Crippen LogP contribution in [0.5, 0.6) is 5.88 Å². The summed E-state index contributed by atoms with van der Waals surface area (Å²) in [6, 6.07) is 21.0. The molecule has 0 radical (unpaired) electrons. The van der Waals surface area contributed by atoms with Crippen LogP contribution in [-0.2, 0) is 29.0 Å². The van der Waals surface area contributed by atoms with Gasteiger partial charge in [-0.2, -0.15) is 5.26 Å². The van der Waals surface area contributed by atoms with Crippen LogP contribution >= 0.6 is 0 Å². The highest BCUT2D eigenvalue weighted by Crippen LogP contribution is 2.26. The molecule has 0 bridgehead atoms. The fraction of sp³-hybridized carbons (Fsp3) is 0.212. The number of aromatic nitrogens is 3. The summed E-state index contributed by atoms with van der Waals surface area (Å²) >= 11 is 0. The van der Waals surface area contributed by atoms with Crippen molar-refractivity contribution in [3.05, 3.63) is 113 Å². The summed E-state index contributed by atoms with van der Waals surface area (Å²) in [5.74, 6) is -0.659. The molecule has 0 spiro atoms. The second-order valence-corrected chi connectivity index (χ2v) is 9.98. The second-order valence-electron chi connectivity index (χ2n) is 9.98. The molecule has 0 saturated carbocycles. The molecule has 0 fully saturated rings. The third-order valence-electron chi connectivity index (χ3n) is 7.21. The van der Waals surface area contributed by atoms with E-state index in [1.54, 1.807) is 55.6 Å². The Hall–Kier alpha value is -5.18. The Morgan fingerprint density at radius 3 is 2.50 bits per heavy atom. The SMILES string of the molecule is COC(=O)c1ccc2nc(Cc3ccc(-c4cccc(OCc5ccc(C#N)cc5F)n4)cc3F)n(C[C@@H](CN)OC)c2c1. The highest BCUT2D eigenvalue weighted by molar-refractivity contribution is 5.93. The molecule has 0 aliphatic rings. The van der Waals surface area contributed by atoms with Crippen LogP contribution in [0.4, 0.5) is 8.78 Å². The number of benzene rings is 3. The van der Waals surface area contributed by atoms with Crippen molar-refractivity contribution in [2.75, 3.05) is 20.8 Å². The molecule has 3 aromatic carbocycles. The van der Waals surface area contributed by atoms with Crippen molar-refractivity contribution in [3.8, 4) is 23.2 Å². The van der Waals surface area contributed by atoms with Crippen molar-refractivity contribution in [1.29, 1.82) is 5.26 Å². The zero-order valence-electron chi connectivity index (χ0n) is 24.1. The first-order chi connectivity index (χ1) is 21.3. The lowest BCUT2D eigenvalue weighted by Gasteiger charge is -2.17. The van der Waals surface area contributed by atoms with Crippen LogP contribution < -0.4 is 10.5 Å². The topological polar surface area (TPSA) is 125 Å². The fourth-order valence-electron chi connectivity index (χ4n) is 4.77. The molecule has 0 unspecified atom stereocenters. The van der Waals surface area contributed by atoms with Crippen LogP contribution in [0.2, 0.25) is 0 Å². The number of esters is 1. The van der Waals surface area contributed by atoms with Gasteiger partial charge in [0.25, 0.3) is 0 Å². The maximum absolute atomic E-state index is 15.5. The molecule has 224 valence electrons. The van der Waals surface area contributed by atoms with E-state index in [0.717, 1.165) is 6.07 Å². The minimum Gasteiger partial charge on any atom is -0.473 e. The number of imidazole rings is 1. The number of ether oxygens (including phenoxy) is 3. The van der Waals surface area contributed by atoms with E-state index in [2.05, 4.69) is 4.98 Å². The first kappa shape index (κ1) is 30.3. The summed E-state index contributed by atoms with van der Waals surface area (Å²) in [4.78, 5) is 21.4. The molecule has 44 heavy (non-hydrogen) atoms. The molecule has 0 amide bonds. The van der Waals surface area contributed by atoms with Gasteiger partial charge in [0, 0.05) is 37.3 Å². The highest BCUT2D eigenvalue weighted by Gasteiger charge is 2.19. The number of halogens is 2. The zero-order chi connectivity index (χ0) is 31.2. The molecule has 2 aromatic heterocycles. The molecule has 9 nitrogen and oxygen atoms in total.